The number of nitrogens with two attached hydrogens (primary N) is 1. The SMILES string of the molecule is NC(CC1CCCc2ccccc21)c1ccc(Cl)cc1Br. The molecule has 0 saturated carbocycles. The van der Waals surface area contributed by atoms with Gasteiger partial charge in [-0.1, -0.05) is 57.9 Å². The zero-order valence-electron chi connectivity index (χ0n) is 11.9. The van der Waals surface area contributed by atoms with E-state index in [0.717, 1.165) is 21.5 Å². The molecule has 21 heavy (non-hydrogen) atoms. The first-order chi connectivity index (χ1) is 10.1. The topological polar surface area (TPSA) is 26.0 Å². The van der Waals surface area contributed by atoms with Gasteiger partial charge in [-0.2, -0.15) is 0 Å². The van der Waals surface area contributed by atoms with Crippen LogP contribution in [-0.2, 0) is 6.42 Å². The summed E-state index contributed by atoms with van der Waals surface area (Å²) in [6.07, 6.45) is 4.68. The summed E-state index contributed by atoms with van der Waals surface area (Å²) in [5, 5.41) is 0.737. The second-order valence-corrected chi connectivity index (χ2v) is 7.09. The Bertz CT molecular complexity index is 641. The normalized spacial score (nSPS) is 19.1. The van der Waals surface area contributed by atoms with Gasteiger partial charge in [0.15, 0.2) is 0 Å². The van der Waals surface area contributed by atoms with Crippen LogP contribution in [0.5, 0.6) is 0 Å². The van der Waals surface area contributed by atoms with Crippen LogP contribution < -0.4 is 5.73 Å². The molecule has 1 nitrogen and oxygen atoms in total. The molecule has 1 aliphatic rings. The van der Waals surface area contributed by atoms with Crippen molar-refractivity contribution in [1.82, 2.24) is 0 Å². The first-order valence-electron chi connectivity index (χ1n) is 7.43. The fraction of sp³-hybridized carbons (Fsp3) is 0.333. The molecule has 0 amide bonds. The van der Waals surface area contributed by atoms with Crippen LogP contribution in [0.25, 0.3) is 0 Å². The van der Waals surface area contributed by atoms with Crippen molar-refractivity contribution in [3.05, 3.63) is 68.7 Å². The average molecular weight is 365 g/mol. The van der Waals surface area contributed by atoms with E-state index in [4.69, 9.17) is 17.3 Å². The number of hydrogen-bond acceptors (Lipinski definition) is 1. The highest BCUT2D eigenvalue weighted by molar-refractivity contribution is 9.10. The van der Waals surface area contributed by atoms with Gasteiger partial charge in [0.2, 0.25) is 0 Å². The van der Waals surface area contributed by atoms with Gasteiger partial charge in [0.25, 0.3) is 0 Å². The molecular weight excluding hydrogens is 346 g/mol. The summed E-state index contributed by atoms with van der Waals surface area (Å²) in [4.78, 5) is 0. The molecule has 0 spiro atoms. The van der Waals surface area contributed by atoms with E-state index in [1.54, 1.807) is 0 Å². The lowest BCUT2D eigenvalue weighted by atomic mass is 9.79. The molecule has 2 aromatic carbocycles. The molecule has 0 bridgehead atoms. The van der Waals surface area contributed by atoms with Crippen LogP contribution in [0.3, 0.4) is 0 Å². The molecule has 110 valence electrons. The minimum absolute atomic E-state index is 0.0350. The van der Waals surface area contributed by atoms with E-state index in [-0.39, 0.29) is 6.04 Å². The highest BCUT2D eigenvalue weighted by Crippen LogP contribution is 2.38. The van der Waals surface area contributed by atoms with Crippen LogP contribution in [-0.4, -0.2) is 0 Å². The summed E-state index contributed by atoms with van der Waals surface area (Å²) in [7, 11) is 0. The zero-order valence-corrected chi connectivity index (χ0v) is 14.2. The van der Waals surface area contributed by atoms with Gasteiger partial charge in [-0.25, -0.2) is 0 Å². The standard InChI is InChI=1S/C18H19BrClN/c19-17-11-14(20)8-9-16(17)18(21)10-13-6-3-5-12-4-1-2-7-15(12)13/h1-2,4,7-9,11,13,18H,3,5-6,10,21H2. The van der Waals surface area contributed by atoms with Crippen LogP contribution in [0.15, 0.2) is 46.9 Å². The molecule has 2 N–H and O–H groups in total. The van der Waals surface area contributed by atoms with Gasteiger partial charge in [0.05, 0.1) is 0 Å². The van der Waals surface area contributed by atoms with Crippen LogP contribution in [0.4, 0.5) is 0 Å². The molecule has 0 fully saturated rings. The Morgan fingerprint density at radius 2 is 2.05 bits per heavy atom. The van der Waals surface area contributed by atoms with E-state index in [2.05, 4.69) is 40.2 Å². The summed E-state index contributed by atoms with van der Waals surface area (Å²) >= 11 is 9.59. The quantitative estimate of drug-likeness (QED) is 0.752. The van der Waals surface area contributed by atoms with Crippen molar-refractivity contribution in [3.63, 3.8) is 0 Å². The summed E-state index contributed by atoms with van der Waals surface area (Å²) in [6.45, 7) is 0. The summed E-state index contributed by atoms with van der Waals surface area (Å²) in [5.74, 6) is 0.563. The van der Waals surface area contributed by atoms with Gasteiger partial charge in [0.1, 0.15) is 0 Å². The summed E-state index contributed by atoms with van der Waals surface area (Å²) < 4.78 is 1.01. The summed E-state index contributed by atoms with van der Waals surface area (Å²) in [6, 6.07) is 14.7. The molecule has 0 aliphatic heterocycles. The Balaban J connectivity index is 1.81. The minimum atomic E-state index is 0.0350. The molecule has 2 atom stereocenters. The monoisotopic (exact) mass is 363 g/mol. The number of fused-ring (bicyclic) bond motifs is 1. The average Bonchev–Trinajstić information content (AvgIpc) is 2.47. The zero-order chi connectivity index (χ0) is 14.8. The van der Waals surface area contributed by atoms with Crippen molar-refractivity contribution in [2.75, 3.05) is 0 Å². The maximum atomic E-state index is 6.46. The van der Waals surface area contributed by atoms with Gasteiger partial charge in [-0.05, 0) is 60.4 Å². The van der Waals surface area contributed by atoms with Crippen LogP contribution in [0.2, 0.25) is 5.02 Å². The van der Waals surface area contributed by atoms with E-state index < -0.39 is 0 Å². The third-order valence-corrected chi connectivity index (χ3v) is 5.32. The molecule has 2 unspecified atom stereocenters. The molecule has 0 saturated heterocycles. The third kappa shape index (κ3) is 3.33. The van der Waals surface area contributed by atoms with Crippen LogP contribution in [0, 0.1) is 0 Å². The highest BCUT2D eigenvalue weighted by Gasteiger charge is 2.23. The Hall–Kier alpha value is -0.830. The van der Waals surface area contributed by atoms with Crippen LogP contribution >= 0.6 is 27.5 Å². The Morgan fingerprint density at radius 3 is 2.86 bits per heavy atom. The van der Waals surface area contributed by atoms with E-state index >= 15 is 0 Å². The third-order valence-electron chi connectivity index (χ3n) is 4.39. The molecule has 1 aliphatic carbocycles. The molecular formula is C18H19BrClN. The van der Waals surface area contributed by atoms with Crippen molar-refractivity contribution in [2.45, 2.75) is 37.6 Å². The predicted octanol–water partition coefficient (Wildman–Crippen LogP) is 5.61. The lowest BCUT2D eigenvalue weighted by Gasteiger charge is -2.28. The number of aryl methyl sites for hydroxylation is 1. The molecule has 3 rings (SSSR count). The van der Waals surface area contributed by atoms with Gasteiger partial charge in [-0.3, -0.25) is 0 Å². The predicted molar refractivity (Wildman–Crippen MR) is 92.8 cm³/mol. The highest BCUT2D eigenvalue weighted by atomic mass is 79.9. The first kappa shape index (κ1) is 15.1. The maximum Gasteiger partial charge on any atom is 0.0417 e. The van der Waals surface area contributed by atoms with Gasteiger partial charge < -0.3 is 5.73 Å². The fourth-order valence-electron chi connectivity index (χ4n) is 3.34. The second kappa shape index (κ2) is 6.51. The number of halogens is 2. The Kier molecular flexibility index (Phi) is 4.68. The van der Waals surface area contributed by atoms with Crippen molar-refractivity contribution >= 4 is 27.5 Å². The maximum absolute atomic E-state index is 6.46. The van der Waals surface area contributed by atoms with Crippen molar-refractivity contribution in [3.8, 4) is 0 Å². The number of hydrogen-bond donors (Lipinski definition) is 1. The lowest BCUT2D eigenvalue weighted by molar-refractivity contribution is 0.475. The molecule has 0 heterocycles. The van der Waals surface area contributed by atoms with E-state index in [9.17, 15) is 0 Å². The molecule has 0 aromatic heterocycles. The van der Waals surface area contributed by atoms with E-state index in [1.807, 2.05) is 18.2 Å². The van der Waals surface area contributed by atoms with Gasteiger partial charge in [-0.15, -0.1) is 0 Å². The van der Waals surface area contributed by atoms with E-state index in [0.29, 0.717) is 5.92 Å². The second-order valence-electron chi connectivity index (χ2n) is 5.80. The molecule has 3 heteroatoms. The Morgan fingerprint density at radius 1 is 1.24 bits per heavy atom. The van der Waals surface area contributed by atoms with Crippen LogP contribution in [0.1, 0.15) is 47.9 Å². The number of benzene rings is 2. The number of rotatable bonds is 3. The van der Waals surface area contributed by atoms with Gasteiger partial charge >= 0.3 is 0 Å². The van der Waals surface area contributed by atoms with Crippen molar-refractivity contribution < 1.29 is 0 Å². The van der Waals surface area contributed by atoms with E-state index in [1.165, 1.54) is 30.4 Å². The summed E-state index contributed by atoms with van der Waals surface area (Å²) in [5.41, 5.74) is 10.6. The minimum Gasteiger partial charge on any atom is -0.324 e. The lowest BCUT2D eigenvalue weighted by Crippen LogP contribution is -2.18. The fourth-order valence-corrected chi connectivity index (χ4v) is 4.31. The molecule has 2 aromatic rings. The first-order valence-corrected chi connectivity index (χ1v) is 8.60. The Labute approximate surface area is 139 Å². The van der Waals surface area contributed by atoms with Gasteiger partial charge in [0, 0.05) is 15.5 Å². The largest absolute Gasteiger partial charge is 0.324 e. The van der Waals surface area contributed by atoms with Crippen molar-refractivity contribution in [2.24, 2.45) is 5.73 Å². The van der Waals surface area contributed by atoms with Crippen molar-refractivity contribution in [1.29, 1.82) is 0 Å². The smallest absolute Gasteiger partial charge is 0.0417 e. The molecule has 0 radical (unpaired) electrons.